The van der Waals surface area contributed by atoms with Gasteiger partial charge in [0.25, 0.3) is 0 Å². The molecule has 20 rings (SSSR count). The van der Waals surface area contributed by atoms with E-state index < -0.39 is 95.6 Å². The van der Waals surface area contributed by atoms with Gasteiger partial charge in [-0.2, -0.15) is 0 Å². The molecule has 2 unspecified atom stereocenters. The van der Waals surface area contributed by atoms with Crippen LogP contribution in [0.3, 0.4) is 0 Å². The fraction of sp³-hybridized carbons (Fsp3) is 0.950. The lowest BCUT2D eigenvalue weighted by molar-refractivity contribution is -0.588. The van der Waals surface area contributed by atoms with E-state index in [2.05, 4.69) is 76.2 Å². The number of ketones is 1. The van der Waals surface area contributed by atoms with Crippen molar-refractivity contribution in [2.24, 2.45) is 111 Å². The number of hydrogen-bond acceptors (Lipinski definition) is 24. The molecule has 0 aromatic heterocycles. The largest absolute Gasteiger partial charge is 0.435 e. The molecule has 0 radical (unpaired) electrons. The molecule has 4 saturated carbocycles. The van der Waals surface area contributed by atoms with Crippen molar-refractivity contribution >= 4 is 23.7 Å². The average Bonchev–Trinajstić information content (AvgIpc) is 1.26. The monoisotopic (exact) mass is 1470 g/mol. The van der Waals surface area contributed by atoms with Crippen LogP contribution in [0.2, 0.25) is 0 Å². The molecule has 0 aromatic rings. The summed E-state index contributed by atoms with van der Waals surface area (Å²) in [4.78, 5) is 96.4. The van der Waals surface area contributed by atoms with E-state index in [1.807, 2.05) is 76.2 Å². The fourth-order valence-electron chi connectivity index (χ4n) is 22.1. The maximum absolute atomic E-state index is 12.4. The number of esters is 3. The zero-order valence-corrected chi connectivity index (χ0v) is 66.5. The minimum absolute atomic E-state index is 0.0221. The fourth-order valence-corrected chi connectivity index (χ4v) is 22.1. The zero-order chi connectivity index (χ0) is 75.2. The summed E-state index contributed by atoms with van der Waals surface area (Å²) in [6.45, 7) is 44.9. The molecule has 16 aliphatic heterocycles. The van der Waals surface area contributed by atoms with Gasteiger partial charge in [-0.1, -0.05) is 111 Å². The molecule has 16 heterocycles. The Hall–Kier alpha value is -2.60. The van der Waals surface area contributed by atoms with Gasteiger partial charge in [-0.3, -0.25) is 19.2 Å². The van der Waals surface area contributed by atoms with Crippen molar-refractivity contribution in [1.29, 1.82) is 0 Å². The van der Waals surface area contributed by atoms with Crippen LogP contribution < -0.4 is 0 Å². The van der Waals surface area contributed by atoms with Crippen LogP contribution in [0.25, 0.3) is 0 Å². The van der Waals surface area contributed by atoms with Crippen molar-refractivity contribution in [2.45, 2.75) is 370 Å². The molecule has 20 fully saturated rings. The lowest BCUT2D eigenvalue weighted by Gasteiger charge is -2.65. The number of carbonyl (C=O) groups excluding carboxylic acids is 4. The second-order valence-electron chi connectivity index (χ2n) is 37.4. The molecule has 16 saturated heterocycles. The summed E-state index contributed by atoms with van der Waals surface area (Å²) in [5.74, 6) is -0.676. The Morgan fingerprint density at radius 3 is 1.12 bits per heavy atom. The van der Waals surface area contributed by atoms with Crippen molar-refractivity contribution in [3.8, 4) is 0 Å². The molecular formula is C80H128O24. The normalized spacial score (nSPS) is 51.7. The van der Waals surface area contributed by atoms with Gasteiger partial charge in [-0.05, 0) is 166 Å². The lowest BCUT2D eigenvalue weighted by atomic mass is 9.50. The summed E-state index contributed by atoms with van der Waals surface area (Å²) in [5, 5.41) is 0. The zero-order valence-electron chi connectivity index (χ0n) is 66.5. The number of carbonyl (C=O) groups is 4. The number of fused-ring (bicyclic) bond motifs is 8. The van der Waals surface area contributed by atoms with Gasteiger partial charge < -0.3 is 56.8 Å². The molecule has 4 aliphatic carbocycles. The average molecular weight is 1470 g/mol. The Bertz CT molecular complexity index is 3110. The molecule has 4 spiro atoms. The van der Waals surface area contributed by atoms with Crippen molar-refractivity contribution in [1.82, 2.24) is 0 Å². The molecule has 24 nitrogen and oxygen atoms in total. The summed E-state index contributed by atoms with van der Waals surface area (Å²) in [5.41, 5.74) is -2.84. The first-order valence-corrected chi connectivity index (χ1v) is 40.4. The number of ether oxygens (including phenoxy) is 12. The van der Waals surface area contributed by atoms with E-state index in [0.717, 1.165) is 96.3 Å². The standard InChI is InChI=1S/C22H34O7.C20H32O6.C19H30O6.C19H32O5/c1-12(2)17(23)8-9-18(24)25-19-14(4)16-7-6-13(3)15-10-11-21(5)27-20(26-19)22(15,16)29-28-21;1-11(2)15(21)22-16-13(4)18(5)9-7-12(3)14-8-10-19(6)24-17(23-16)20(14,18)26-25-19;1-10(2)15(20)21-16-12(4)14-7-6-11(3)13-8-9-18(5)23-17(22-16)19(13,14)25-24-18;1-11(2)20-15-13(4)17(5)9-7-12(3)14-8-10-18(6)22-16(21-15)19(14,17)24-23-18/h12-16,19-20H,6-11H2,1-5H3;11-14,16-17H,7-10H2,1-6H3;10-14,16-17H,6-9H2,1-5H3;11-16H,7-10H2,1-6H3/t13-,14-,15+,16+,19-,20-,21+,22-;12-,13+,14+,16?,17-,18+,19+,20+;11-,12-,13+,14+,16-,17-,18+,19-;12-,13+,14+,15?,16-,17+,18+,19+/m1111/s1. The predicted octanol–water partition coefficient (Wildman–Crippen LogP) is 14.9. The van der Waals surface area contributed by atoms with Crippen LogP contribution in [0, 0.1) is 111 Å². The van der Waals surface area contributed by atoms with E-state index in [0.29, 0.717) is 41.4 Å². The Kier molecular flexibility index (Phi) is 22.1. The molecule has 0 aromatic carbocycles. The quantitative estimate of drug-likeness (QED) is 0.106. The van der Waals surface area contributed by atoms with Crippen LogP contribution >= 0.6 is 0 Å². The van der Waals surface area contributed by atoms with Crippen molar-refractivity contribution in [2.75, 3.05) is 0 Å². The number of rotatable bonds is 11. The summed E-state index contributed by atoms with van der Waals surface area (Å²) >= 11 is 0. The summed E-state index contributed by atoms with van der Waals surface area (Å²) in [6, 6.07) is 0. The van der Waals surface area contributed by atoms with E-state index in [-0.39, 0.29) is 113 Å². The maximum Gasteiger partial charge on any atom is 0.310 e. The van der Waals surface area contributed by atoms with Crippen LogP contribution in [-0.4, -0.2) is 126 Å². The van der Waals surface area contributed by atoms with Crippen LogP contribution in [0.1, 0.15) is 268 Å². The first kappa shape index (κ1) is 79.5. The van der Waals surface area contributed by atoms with E-state index in [1.165, 1.54) is 6.42 Å². The highest BCUT2D eigenvalue weighted by molar-refractivity contribution is 5.84. The van der Waals surface area contributed by atoms with Gasteiger partial charge in [0.15, 0.2) is 53.9 Å². The smallest absolute Gasteiger partial charge is 0.310 e. The van der Waals surface area contributed by atoms with Crippen LogP contribution in [0.15, 0.2) is 0 Å². The van der Waals surface area contributed by atoms with E-state index >= 15 is 0 Å². The lowest BCUT2D eigenvalue weighted by Crippen LogP contribution is -2.74. The third kappa shape index (κ3) is 13.2. The summed E-state index contributed by atoms with van der Waals surface area (Å²) < 4.78 is 73.5. The van der Waals surface area contributed by atoms with E-state index in [1.54, 1.807) is 0 Å². The minimum Gasteiger partial charge on any atom is -0.435 e. The molecule has 0 amide bonds. The first-order valence-electron chi connectivity index (χ1n) is 40.4. The van der Waals surface area contributed by atoms with Crippen molar-refractivity contribution in [3.05, 3.63) is 0 Å². The Labute approximate surface area is 617 Å². The molecule has 24 heteroatoms. The topological polar surface area (TPSA) is 253 Å². The van der Waals surface area contributed by atoms with Crippen molar-refractivity contribution in [3.63, 3.8) is 0 Å². The molecule has 20 aliphatic rings. The highest BCUT2D eigenvalue weighted by Crippen LogP contribution is 2.69. The minimum atomic E-state index is -0.851. The van der Waals surface area contributed by atoms with Gasteiger partial charge in [-0.15, -0.1) is 0 Å². The van der Waals surface area contributed by atoms with Crippen LogP contribution in [0.4, 0.5) is 0 Å². The third-order valence-corrected chi connectivity index (χ3v) is 29.3. The Morgan fingerprint density at radius 1 is 0.356 bits per heavy atom. The van der Waals surface area contributed by atoms with E-state index in [4.69, 9.17) is 95.9 Å². The van der Waals surface area contributed by atoms with Gasteiger partial charge in [0.05, 0.1) is 24.4 Å². The highest BCUT2D eigenvalue weighted by atomic mass is 17.3. The second kappa shape index (κ2) is 28.9. The Morgan fingerprint density at radius 2 is 0.712 bits per heavy atom. The number of hydrogen-bond donors (Lipinski definition) is 0. The van der Waals surface area contributed by atoms with Gasteiger partial charge in [0, 0.05) is 84.4 Å². The third-order valence-electron chi connectivity index (χ3n) is 29.3. The Balaban J connectivity index is 0.000000123. The highest BCUT2D eigenvalue weighted by Gasteiger charge is 2.78. The van der Waals surface area contributed by atoms with Gasteiger partial charge in [0.1, 0.15) is 5.78 Å². The maximum atomic E-state index is 12.4. The summed E-state index contributed by atoms with van der Waals surface area (Å²) in [6.07, 6.45) is 11.6. The second-order valence-corrected chi connectivity index (χ2v) is 37.4. The van der Waals surface area contributed by atoms with Crippen LogP contribution in [-0.2, 0) is 115 Å². The van der Waals surface area contributed by atoms with Gasteiger partial charge in [0.2, 0.25) is 42.0 Å². The summed E-state index contributed by atoms with van der Waals surface area (Å²) in [7, 11) is 0. The molecule has 8 bridgehead atoms. The van der Waals surface area contributed by atoms with Gasteiger partial charge >= 0.3 is 17.9 Å². The van der Waals surface area contributed by atoms with Gasteiger partial charge in [-0.25, -0.2) is 39.1 Å². The first-order chi connectivity index (χ1) is 48.8. The van der Waals surface area contributed by atoms with Crippen LogP contribution in [0.5, 0.6) is 0 Å². The molecule has 0 N–H and O–H groups in total. The SMILES string of the molecule is CC(C)C(=O)CCC(=O)O[C@@H]1O[C@@H]2O[C@]3(C)CC[C@H]4[C@H](C)CC[C@@H]([C@H]1C)[C@@]24OO3.CC(C)C(=O)OC1O[C@@H]2O[C@]3(C)CC[C@H]4[C@H](C)CC[C@@](C)([C@H]1C)[C@@]24OO3.CC(C)C(=O)O[C@@H]1O[C@@H]2O[C@]3(C)CC[C@H]4[C@H](C)CC[C@@H]([C@H]1C)[C@@]24OO3.CC(C)OC1O[C@@H]2O[C@]3(C)CC[C@H]4[C@H](C)CC[C@@](C)([C@H]1C)[C@@]24OO3. The van der Waals surface area contributed by atoms with Crippen molar-refractivity contribution < 1.29 is 115 Å². The van der Waals surface area contributed by atoms with E-state index in [9.17, 15) is 19.2 Å². The molecule has 32 atom stereocenters. The molecule has 592 valence electrons. The molecular weight excluding hydrogens is 1340 g/mol. The predicted molar refractivity (Wildman–Crippen MR) is 370 cm³/mol. The number of Topliss-reactive ketones (excluding diaryl/α,β-unsaturated/α-hetero) is 1. The molecule has 104 heavy (non-hydrogen) atoms.